The summed E-state index contributed by atoms with van der Waals surface area (Å²) in [4.78, 5) is 51.1. The van der Waals surface area contributed by atoms with Crippen LogP contribution < -0.4 is 19.5 Å². The summed E-state index contributed by atoms with van der Waals surface area (Å²) in [6.07, 6.45) is 1.38. The second kappa shape index (κ2) is 17.1. The van der Waals surface area contributed by atoms with Crippen LogP contribution in [0.5, 0.6) is 17.2 Å². The maximum Gasteiger partial charge on any atom is 0.326 e. The summed E-state index contributed by atoms with van der Waals surface area (Å²) >= 11 is 6.15. The van der Waals surface area contributed by atoms with E-state index in [0.29, 0.717) is 34.5 Å². The van der Waals surface area contributed by atoms with Gasteiger partial charge in [0.25, 0.3) is 5.91 Å². The van der Waals surface area contributed by atoms with Gasteiger partial charge in [0.2, 0.25) is 5.91 Å². The average molecular weight is 845 g/mol. The minimum absolute atomic E-state index is 0.00403. The van der Waals surface area contributed by atoms with Crippen molar-refractivity contribution in [2.45, 2.75) is 71.9 Å². The Balaban J connectivity index is 0.998. The summed E-state index contributed by atoms with van der Waals surface area (Å²) in [5.41, 5.74) is 7.31. The van der Waals surface area contributed by atoms with Crippen molar-refractivity contribution >= 4 is 29.4 Å². The van der Waals surface area contributed by atoms with Crippen molar-refractivity contribution in [3.63, 3.8) is 0 Å². The fourth-order valence-corrected chi connectivity index (χ4v) is 7.93. The number of ether oxygens (including phenoxy) is 3. The summed E-state index contributed by atoms with van der Waals surface area (Å²) in [7, 11) is 0. The molecule has 0 aliphatic carbocycles. The molecule has 2 N–H and O–H groups in total. The molecule has 3 unspecified atom stereocenters. The number of carbonyl (C=O) groups is 3. The van der Waals surface area contributed by atoms with Crippen molar-refractivity contribution in [3.8, 4) is 28.4 Å². The van der Waals surface area contributed by atoms with E-state index in [1.54, 1.807) is 44.3 Å². The van der Waals surface area contributed by atoms with E-state index in [9.17, 15) is 23.9 Å². The molecule has 8 rings (SSSR count). The second-order valence-corrected chi connectivity index (χ2v) is 15.6. The highest BCUT2D eigenvalue weighted by Crippen LogP contribution is 2.41. The molecule has 0 saturated heterocycles. The number of carbonyl (C=O) groups excluding carboxylic acids is 2. The number of amides is 2. The van der Waals surface area contributed by atoms with Gasteiger partial charge in [0.1, 0.15) is 42.6 Å². The summed E-state index contributed by atoms with van der Waals surface area (Å²) in [5.74, 6) is -0.759. The molecule has 2 aliphatic heterocycles. The molecule has 2 aliphatic rings. The number of hydrogen-bond donors (Lipinski definition) is 2. The molecule has 12 nitrogen and oxygen atoms in total. The molecule has 4 heterocycles. The van der Waals surface area contributed by atoms with Gasteiger partial charge in [-0.1, -0.05) is 54.1 Å². The van der Waals surface area contributed by atoms with Crippen LogP contribution in [-0.4, -0.2) is 56.4 Å². The van der Waals surface area contributed by atoms with E-state index in [1.807, 2.05) is 62.4 Å². The third-order valence-electron chi connectivity index (χ3n) is 11.2. The Kier molecular flexibility index (Phi) is 11.5. The zero-order valence-electron chi connectivity index (χ0n) is 33.8. The molecule has 0 radical (unpaired) electrons. The zero-order valence-corrected chi connectivity index (χ0v) is 34.6. The molecule has 0 fully saturated rings. The first-order valence-corrected chi connectivity index (χ1v) is 20.1. The van der Waals surface area contributed by atoms with E-state index in [1.165, 1.54) is 17.0 Å². The van der Waals surface area contributed by atoms with E-state index < -0.39 is 41.8 Å². The molecular formula is C47H42ClFN4O8. The molecule has 312 valence electrons. The monoisotopic (exact) mass is 844 g/mol. The highest BCUT2D eigenvalue weighted by atomic mass is 35.5. The van der Waals surface area contributed by atoms with Crippen molar-refractivity contribution < 1.29 is 42.5 Å². The van der Waals surface area contributed by atoms with Crippen LogP contribution in [0.3, 0.4) is 0 Å². The average Bonchev–Trinajstić information content (AvgIpc) is 3.60. The van der Waals surface area contributed by atoms with Crippen LogP contribution in [0.25, 0.3) is 11.1 Å². The highest BCUT2D eigenvalue weighted by molar-refractivity contribution is 6.31. The molecular weight excluding hydrogens is 803 g/mol. The maximum absolute atomic E-state index is 14.2. The first kappa shape index (κ1) is 41.0. The van der Waals surface area contributed by atoms with E-state index in [-0.39, 0.29) is 48.9 Å². The van der Waals surface area contributed by atoms with Gasteiger partial charge >= 0.3 is 5.97 Å². The highest BCUT2D eigenvalue weighted by Gasteiger charge is 2.39. The van der Waals surface area contributed by atoms with Crippen molar-refractivity contribution in [2.24, 2.45) is 0 Å². The first-order valence-electron chi connectivity index (χ1n) is 19.7. The summed E-state index contributed by atoms with van der Waals surface area (Å²) < 4.78 is 38.2. The minimum Gasteiger partial charge on any atom is -0.489 e. The molecule has 6 aromatic rings. The van der Waals surface area contributed by atoms with E-state index in [2.05, 4.69) is 15.3 Å². The summed E-state index contributed by atoms with van der Waals surface area (Å²) in [6, 6.07) is 22.4. The van der Waals surface area contributed by atoms with Crippen LogP contribution in [0.4, 0.5) is 4.39 Å². The molecule has 2 amide bonds. The number of aliphatic carboxylic acids is 1. The van der Waals surface area contributed by atoms with Crippen LogP contribution in [-0.2, 0) is 35.6 Å². The molecule has 2 aromatic heterocycles. The second-order valence-electron chi connectivity index (χ2n) is 15.2. The standard InChI is InChI=1S/C47H42ClFN4O8/c1-25-26(2)50-17-16-35(25)30-10-8-29(9-11-30)18-39(47(56)57)52-45(54)40-19-32-20-41-42(21-33(32)22-53(40)46(55)44-27(3)60-28(4)51-44)61-43(24-59-41)31-12-14-34(15-13-31)58-23-36-37(48)6-5-7-38(36)49/h5-17,20-21,39-40,43H,18-19,22-24H2,1-4H3,(H,52,54)(H,56,57). The Morgan fingerprint density at radius 3 is 2.44 bits per heavy atom. The Labute approximate surface area is 356 Å². The number of halogens is 2. The van der Waals surface area contributed by atoms with Crippen molar-refractivity contribution in [2.75, 3.05) is 6.61 Å². The lowest BCUT2D eigenvalue weighted by molar-refractivity contribution is -0.142. The number of nitrogens with zero attached hydrogens (tertiary/aromatic N) is 3. The number of benzene rings is 4. The van der Waals surface area contributed by atoms with Gasteiger partial charge in [-0.2, -0.15) is 0 Å². The van der Waals surface area contributed by atoms with Crippen LogP contribution >= 0.6 is 11.6 Å². The van der Waals surface area contributed by atoms with Crippen LogP contribution in [0.1, 0.15) is 67.3 Å². The van der Waals surface area contributed by atoms with Gasteiger partial charge in [-0.05, 0) is 102 Å². The lowest BCUT2D eigenvalue weighted by Crippen LogP contribution is -2.56. The number of aryl methyl sites for hydroxylation is 3. The normalized spacial score (nSPS) is 16.1. The third-order valence-corrected chi connectivity index (χ3v) is 11.6. The van der Waals surface area contributed by atoms with E-state index in [4.69, 9.17) is 30.2 Å². The van der Waals surface area contributed by atoms with Crippen molar-refractivity contribution in [3.05, 3.63) is 158 Å². The predicted octanol–water partition coefficient (Wildman–Crippen LogP) is 8.23. The first-order chi connectivity index (χ1) is 29.3. The fraction of sp³-hybridized carbons (Fsp3) is 0.255. The molecule has 3 atom stereocenters. The number of nitrogens with one attached hydrogen (secondary N) is 1. The minimum atomic E-state index is -1.28. The number of oxazole rings is 1. The number of rotatable bonds is 11. The van der Waals surface area contributed by atoms with Gasteiger partial charge in [0, 0.05) is 43.8 Å². The number of fused-ring (bicyclic) bond motifs is 2. The number of carboxylic acids is 1. The lowest BCUT2D eigenvalue weighted by atomic mass is 9.91. The van der Waals surface area contributed by atoms with Crippen LogP contribution in [0, 0.1) is 33.5 Å². The SMILES string of the molecule is Cc1nc(C(=O)N2Cc3cc4c(cc3CC2C(=O)NC(Cc2ccc(-c3ccnc(C)c3C)cc2)C(=O)O)OCC(c2ccc(OCc3c(F)cccc3Cl)cc2)O4)c(C)o1. The molecule has 0 bridgehead atoms. The van der Waals surface area contributed by atoms with Gasteiger partial charge in [-0.25, -0.2) is 14.2 Å². The summed E-state index contributed by atoms with van der Waals surface area (Å²) in [5, 5.41) is 13.3. The molecule has 4 aromatic carbocycles. The maximum atomic E-state index is 14.2. The number of carboxylic acid groups (broad SMARTS) is 1. The number of pyridine rings is 1. The topological polar surface area (TPSA) is 153 Å². The van der Waals surface area contributed by atoms with Gasteiger partial charge in [0.05, 0.1) is 5.02 Å². The van der Waals surface area contributed by atoms with Gasteiger partial charge in [-0.3, -0.25) is 14.6 Å². The Bertz CT molecular complexity index is 2630. The van der Waals surface area contributed by atoms with Crippen LogP contribution in [0.2, 0.25) is 5.02 Å². The lowest BCUT2D eigenvalue weighted by Gasteiger charge is -2.37. The van der Waals surface area contributed by atoms with Crippen LogP contribution in [0.15, 0.2) is 95.5 Å². The van der Waals surface area contributed by atoms with Gasteiger partial charge < -0.3 is 34.0 Å². The molecule has 0 saturated carbocycles. The largest absolute Gasteiger partial charge is 0.489 e. The molecule has 0 spiro atoms. The van der Waals surface area contributed by atoms with E-state index >= 15 is 0 Å². The third kappa shape index (κ3) is 8.64. The fourth-order valence-electron chi connectivity index (χ4n) is 7.71. The smallest absolute Gasteiger partial charge is 0.326 e. The Morgan fingerprint density at radius 1 is 0.984 bits per heavy atom. The van der Waals surface area contributed by atoms with Gasteiger partial charge in [0.15, 0.2) is 29.2 Å². The van der Waals surface area contributed by atoms with E-state index in [0.717, 1.165) is 39.1 Å². The number of hydrogen-bond acceptors (Lipinski definition) is 9. The van der Waals surface area contributed by atoms with Gasteiger partial charge in [-0.15, -0.1) is 0 Å². The van der Waals surface area contributed by atoms with Crippen molar-refractivity contribution in [1.29, 1.82) is 0 Å². The number of aromatic nitrogens is 2. The zero-order chi connectivity index (χ0) is 42.9. The van der Waals surface area contributed by atoms with Crippen molar-refractivity contribution in [1.82, 2.24) is 20.2 Å². The summed E-state index contributed by atoms with van der Waals surface area (Å²) in [6.45, 7) is 7.37. The Hall–Kier alpha value is -6.73. The molecule has 61 heavy (non-hydrogen) atoms. The molecule has 14 heteroatoms. The predicted molar refractivity (Wildman–Crippen MR) is 223 cm³/mol. The quantitative estimate of drug-likeness (QED) is 0.130. The Morgan fingerprint density at radius 2 is 1.74 bits per heavy atom.